The van der Waals surface area contributed by atoms with Gasteiger partial charge in [-0.3, -0.25) is 9.59 Å². The molecule has 2 aromatic rings. The number of hydrogen-bond acceptors (Lipinski definition) is 3. The molecule has 0 aliphatic rings. The molecule has 7 heteroatoms. The number of nitrogens with zero attached hydrogens (tertiary/aromatic N) is 1. The van der Waals surface area contributed by atoms with E-state index < -0.39 is 17.3 Å². The van der Waals surface area contributed by atoms with Gasteiger partial charge in [0.05, 0.1) is 11.3 Å². The number of nitrogens with one attached hydrogen (secondary N) is 2. The average molecular weight is 268 g/mol. The number of halogens is 2. The smallest absolute Gasteiger partial charge is 0.274 e. The predicted molar refractivity (Wildman–Crippen MR) is 64.2 cm³/mol. The van der Waals surface area contributed by atoms with Crippen LogP contribution in [0, 0.1) is 5.82 Å². The molecule has 0 saturated carbocycles. The van der Waals surface area contributed by atoms with Crippen LogP contribution in [0.4, 0.5) is 10.1 Å². The molecule has 2 N–H and O–H groups in total. The number of aromatic amines is 1. The summed E-state index contributed by atoms with van der Waals surface area (Å²) in [5.41, 5.74) is -0.167. The molecule has 1 aromatic heterocycles. The zero-order valence-electron chi connectivity index (χ0n) is 8.91. The van der Waals surface area contributed by atoms with Gasteiger partial charge in [-0.25, -0.2) is 9.37 Å². The molecule has 0 atom stereocenters. The van der Waals surface area contributed by atoms with Crippen molar-refractivity contribution in [1.82, 2.24) is 9.97 Å². The van der Waals surface area contributed by atoms with Gasteiger partial charge < -0.3 is 10.3 Å². The number of rotatable bonds is 2. The largest absolute Gasteiger partial charge is 0.321 e. The Balaban J connectivity index is 2.21. The quantitative estimate of drug-likeness (QED) is 0.871. The van der Waals surface area contributed by atoms with Crippen LogP contribution in [0.5, 0.6) is 0 Å². The van der Waals surface area contributed by atoms with Crippen molar-refractivity contribution in [2.24, 2.45) is 0 Å². The highest BCUT2D eigenvalue weighted by atomic mass is 35.5. The Morgan fingerprint density at radius 1 is 1.39 bits per heavy atom. The van der Waals surface area contributed by atoms with Gasteiger partial charge in [-0.15, -0.1) is 0 Å². The maximum Gasteiger partial charge on any atom is 0.274 e. The molecule has 0 spiro atoms. The van der Waals surface area contributed by atoms with Gasteiger partial charge in [-0.2, -0.15) is 0 Å². The first kappa shape index (κ1) is 12.3. The van der Waals surface area contributed by atoms with E-state index in [4.69, 9.17) is 11.6 Å². The number of carbonyl (C=O) groups excluding carboxylic acids is 1. The summed E-state index contributed by atoms with van der Waals surface area (Å²) in [6.07, 6.45) is 1.12. The summed E-state index contributed by atoms with van der Waals surface area (Å²) in [7, 11) is 0. The van der Waals surface area contributed by atoms with Crippen molar-refractivity contribution in [2.45, 2.75) is 0 Å². The Kier molecular flexibility index (Phi) is 3.38. The summed E-state index contributed by atoms with van der Waals surface area (Å²) in [4.78, 5) is 28.7. The topological polar surface area (TPSA) is 74.8 Å². The highest BCUT2D eigenvalue weighted by Crippen LogP contribution is 2.19. The van der Waals surface area contributed by atoms with E-state index in [2.05, 4.69) is 15.3 Å². The molecule has 1 heterocycles. The molecule has 1 amide bonds. The molecule has 18 heavy (non-hydrogen) atoms. The number of hydrogen-bond donors (Lipinski definition) is 2. The summed E-state index contributed by atoms with van der Waals surface area (Å²) >= 11 is 5.57. The van der Waals surface area contributed by atoms with Crippen molar-refractivity contribution >= 4 is 23.2 Å². The summed E-state index contributed by atoms with van der Waals surface area (Å²) in [6, 6.07) is 4.80. The number of anilines is 1. The average Bonchev–Trinajstić information content (AvgIpc) is 2.34. The highest BCUT2D eigenvalue weighted by molar-refractivity contribution is 6.31. The van der Waals surface area contributed by atoms with Crippen LogP contribution >= 0.6 is 11.6 Å². The summed E-state index contributed by atoms with van der Waals surface area (Å²) in [6.45, 7) is 0. The first-order valence-corrected chi connectivity index (χ1v) is 5.25. The zero-order chi connectivity index (χ0) is 13.1. The van der Waals surface area contributed by atoms with Crippen LogP contribution in [0.15, 0.2) is 35.4 Å². The standard InChI is InChI=1S/C11H7ClFN3O2/c12-7-3-6(1-2-8(7)13)16-11(18)9-4-10(17)15-5-14-9/h1-5H,(H,16,18)(H,14,15,17). The van der Waals surface area contributed by atoms with Gasteiger partial charge in [0.1, 0.15) is 11.5 Å². The molecule has 5 nitrogen and oxygen atoms in total. The first-order valence-electron chi connectivity index (χ1n) is 4.87. The van der Waals surface area contributed by atoms with Gasteiger partial charge >= 0.3 is 0 Å². The number of amides is 1. The van der Waals surface area contributed by atoms with Crippen molar-refractivity contribution in [3.05, 3.63) is 57.5 Å². The van der Waals surface area contributed by atoms with Crippen LogP contribution in [0.1, 0.15) is 10.5 Å². The fourth-order valence-corrected chi connectivity index (χ4v) is 1.44. The minimum absolute atomic E-state index is 0.0424. The van der Waals surface area contributed by atoms with Crippen molar-refractivity contribution in [2.75, 3.05) is 5.32 Å². The van der Waals surface area contributed by atoms with E-state index in [0.717, 1.165) is 18.5 Å². The summed E-state index contributed by atoms with van der Waals surface area (Å²) in [5, 5.41) is 2.34. The Labute approximate surface area is 106 Å². The fourth-order valence-electron chi connectivity index (χ4n) is 1.26. The van der Waals surface area contributed by atoms with Gasteiger partial charge in [0.25, 0.3) is 11.5 Å². The van der Waals surface area contributed by atoms with Crippen LogP contribution < -0.4 is 10.9 Å². The fraction of sp³-hybridized carbons (Fsp3) is 0. The molecular formula is C11H7ClFN3O2. The molecule has 0 fully saturated rings. The van der Waals surface area contributed by atoms with Gasteiger partial charge in [0, 0.05) is 11.8 Å². The van der Waals surface area contributed by atoms with E-state index in [0.29, 0.717) is 5.69 Å². The lowest BCUT2D eigenvalue weighted by molar-refractivity contribution is 0.102. The van der Waals surface area contributed by atoms with E-state index >= 15 is 0 Å². The third-order valence-corrected chi connectivity index (χ3v) is 2.38. The van der Waals surface area contributed by atoms with E-state index in [1.54, 1.807) is 0 Å². The van der Waals surface area contributed by atoms with E-state index in [1.165, 1.54) is 12.1 Å². The molecule has 0 radical (unpaired) electrons. The van der Waals surface area contributed by atoms with Crippen LogP contribution in [-0.2, 0) is 0 Å². The Morgan fingerprint density at radius 3 is 2.83 bits per heavy atom. The van der Waals surface area contributed by atoms with E-state index in [-0.39, 0.29) is 10.7 Å². The third-order valence-electron chi connectivity index (χ3n) is 2.09. The Bertz CT molecular complexity index is 657. The molecule has 0 aliphatic heterocycles. The Morgan fingerprint density at radius 2 is 2.17 bits per heavy atom. The maximum absolute atomic E-state index is 12.9. The zero-order valence-corrected chi connectivity index (χ0v) is 9.66. The van der Waals surface area contributed by atoms with Crippen molar-refractivity contribution in [3.8, 4) is 0 Å². The van der Waals surface area contributed by atoms with Crippen molar-refractivity contribution < 1.29 is 9.18 Å². The monoisotopic (exact) mass is 267 g/mol. The molecule has 92 valence electrons. The van der Waals surface area contributed by atoms with Crippen LogP contribution in [0.25, 0.3) is 0 Å². The minimum atomic E-state index is -0.580. The van der Waals surface area contributed by atoms with Gasteiger partial charge in [-0.1, -0.05) is 11.6 Å². The van der Waals surface area contributed by atoms with Gasteiger partial charge in [0.2, 0.25) is 0 Å². The lowest BCUT2D eigenvalue weighted by Crippen LogP contribution is -2.17. The summed E-state index contributed by atoms with van der Waals surface area (Å²) < 4.78 is 12.9. The molecule has 0 aliphatic carbocycles. The van der Waals surface area contributed by atoms with Gasteiger partial charge in [-0.05, 0) is 18.2 Å². The van der Waals surface area contributed by atoms with E-state index in [9.17, 15) is 14.0 Å². The number of benzene rings is 1. The number of aromatic nitrogens is 2. The first-order chi connectivity index (χ1) is 8.56. The van der Waals surface area contributed by atoms with Crippen molar-refractivity contribution in [1.29, 1.82) is 0 Å². The second-order valence-corrected chi connectivity index (χ2v) is 3.79. The molecule has 2 rings (SSSR count). The predicted octanol–water partition coefficient (Wildman–Crippen LogP) is 1.81. The molecule has 0 saturated heterocycles. The molecule has 1 aromatic carbocycles. The second kappa shape index (κ2) is 4.97. The molecular weight excluding hydrogens is 261 g/mol. The maximum atomic E-state index is 12.9. The lowest BCUT2D eigenvalue weighted by Gasteiger charge is -2.04. The van der Waals surface area contributed by atoms with Crippen LogP contribution in [-0.4, -0.2) is 15.9 Å². The van der Waals surface area contributed by atoms with Crippen LogP contribution in [0.2, 0.25) is 5.02 Å². The van der Waals surface area contributed by atoms with E-state index in [1.807, 2.05) is 0 Å². The van der Waals surface area contributed by atoms with Crippen LogP contribution in [0.3, 0.4) is 0 Å². The van der Waals surface area contributed by atoms with Gasteiger partial charge in [0.15, 0.2) is 0 Å². The summed E-state index contributed by atoms with van der Waals surface area (Å²) in [5.74, 6) is -1.16. The third kappa shape index (κ3) is 2.72. The number of H-pyrrole nitrogens is 1. The molecule has 0 bridgehead atoms. The SMILES string of the molecule is O=C(Nc1ccc(F)c(Cl)c1)c1cc(=O)[nH]cn1. The second-order valence-electron chi connectivity index (χ2n) is 3.38. The van der Waals surface area contributed by atoms with Crippen molar-refractivity contribution in [3.63, 3.8) is 0 Å². The normalized spacial score (nSPS) is 10.1. The Hall–Kier alpha value is -2.21. The minimum Gasteiger partial charge on any atom is -0.321 e. The lowest BCUT2D eigenvalue weighted by atomic mass is 10.3. The number of carbonyl (C=O) groups is 1. The highest BCUT2D eigenvalue weighted by Gasteiger charge is 2.09. The molecule has 0 unspecified atom stereocenters.